The minimum atomic E-state index is -3.09. The number of piperidine rings is 1. The van der Waals surface area contributed by atoms with Crippen molar-refractivity contribution < 1.29 is 13.2 Å². The highest BCUT2D eigenvalue weighted by atomic mass is 32.2. The van der Waals surface area contributed by atoms with Crippen molar-refractivity contribution >= 4 is 15.7 Å². The second-order valence-corrected chi connectivity index (χ2v) is 8.48. The molecule has 2 aliphatic rings. The van der Waals surface area contributed by atoms with Crippen LogP contribution in [0.15, 0.2) is 41.8 Å². The first-order valence-corrected chi connectivity index (χ1v) is 9.99. The number of carbonyl (C=O) groups excluding carboxylic acids is 1. The van der Waals surface area contributed by atoms with Crippen LogP contribution in [0.1, 0.15) is 31.2 Å². The van der Waals surface area contributed by atoms with E-state index < -0.39 is 9.84 Å². The van der Waals surface area contributed by atoms with Gasteiger partial charge in [-0.2, -0.15) is 0 Å². The van der Waals surface area contributed by atoms with E-state index in [-0.39, 0.29) is 23.6 Å². The van der Waals surface area contributed by atoms with Gasteiger partial charge in [-0.3, -0.25) is 4.79 Å². The molecule has 0 radical (unpaired) electrons. The smallest absolute Gasteiger partial charge is 0.223 e. The standard InChI is InChI=1S/C18H23NO3S/c20-18(13-16-9-11-23(21,22)14-16)19-10-5-4-8-17(19)12-15-6-2-1-3-7-15/h1-3,6-7,9,11,16-17H,4-5,8,10,12-14H2/t16-,17+/m0/s1. The highest BCUT2D eigenvalue weighted by molar-refractivity contribution is 7.94. The molecule has 0 aliphatic carbocycles. The summed E-state index contributed by atoms with van der Waals surface area (Å²) < 4.78 is 23.0. The van der Waals surface area contributed by atoms with Crippen molar-refractivity contribution in [1.82, 2.24) is 4.90 Å². The van der Waals surface area contributed by atoms with E-state index in [2.05, 4.69) is 12.1 Å². The normalized spacial score (nSPS) is 26.3. The number of hydrogen-bond acceptors (Lipinski definition) is 3. The first kappa shape index (κ1) is 16.2. The number of hydrogen-bond donors (Lipinski definition) is 0. The molecule has 0 saturated carbocycles. The molecule has 0 unspecified atom stereocenters. The van der Waals surface area contributed by atoms with Crippen molar-refractivity contribution in [3.8, 4) is 0 Å². The van der Waals surface area contributed by atoms with Crippen molar-refractivity contribution in [3.05, 3.63) is 47.4 Å². The average Bonchev–Trinajstić information content (AvgIpc) is 2.87. The maximum Gasteiger partial charge on any atom is 0.223 e. The lowest BCUT2D eigenvalue weighted by Crippen LogP contribution is -2.45. The Balaban J connectivity index is 1.64. The summed E-state index contributed by atoms with van der Waals surface area (Å²) in [6.45, 7) is 0.791. The fourth-order valence-corrected chi connectivity index (χ4v) is 4.93. The number of rotatable bonds is 4. The number of benzene rings is 1. The predicted octanol–water partition coefficient (Wildman–Crippen LogP) is 2.56. The molecule has 0 N–H and O–H groups in total. The van der Waals surface area contributed by atoms with Gasteiger partial charge in [0, 0.05) is 30.3 Å². The number of likely N-dealkylation sites (tertiary alicyclic amines) is 1. The topological polar surface area (TPSA) is 54.5 Å². The summed E-state index contributed by atoms with van der Waals surface area (Å²) in [6.07, 6.45) is 6.07. The molecule has 2 heterocycles. The maximum atomic E-state index is 12.7. The lowest BCUT2D eigenvalue weighted by Gasteiger charge is -2.36. The molecule has 1 saturated heterocycles. The Morgan fingerprint density at radius 2 is 1.96 bits per heavy atom. The van der Waals surface area contributed by atoms with Crippen molar-refractivity contribution in [3.63, 3.8) is 0 Å². The molecule has 1 amide bonds. The Morgan fingerprint density at radius 3 is 2.65 bits per heavy atom. The Hall–Kier alpha value is -1.62. The SMILES string of the molecule is O=C(C[C@@H]1C=CS(=O)(=O)C1)N1CCCC[C@@H]1Cc1ccccc1. The van der Waals surface area contributed by atoms with Crippen LogP contribution in [0.3, 0.4) is 0 Å². The minimum Gasteiger partial charge on any atom is -0.339 e. The van der Waals surface area contributed by atoms with E-state index in [9.17, 15) is 13.2 Å². The van der Waals surface area contributed by atoms with Gasteiger partial charge in [0.2, 0.25) is 5.91 Å². The number of amides is 1. The fourth-order valence-electron chi connectivity index (χ4n) is 3.54. The summed E-state index contributed by atoms with van der Waals surface area (Å²) in [5.74, 6) is 0.0137. The van der Waals surface area contributed by atoms with Crippen LogP contribution >= 0.6 is 0 Å². The summed E-state index contributed by atoms with van der Waals surface area (Å²) in [4.78, 5) is 14.6. The van der Waals surface area contributed by atoms with E-state index in [1.807, 2.05) is 23.1 Å². The highest BCUT2D eigenvalue weighted by Crippen LogP contribution is 2.25. The van der Waals surface area contributed by atoms with Gasteiger partial charge >= 0.3 is 0 Å². The van der Waals surface area contributed by atoms with Crippen LogP contribution in [-0.2, 0) is 21.1 Å². The number of nitrogens with zero attached hydrogens (tertiary/aromatic N) is 1. The van der Waals surface area contributed by atoms with E-state index in [1.165, 1.54) is 11.0 Å². The van der Waals surface area contributed by atoms with E-state index in [1.54, 1.807) is 6.08 Å². The van der Waals surface area contributed by atoms with Crippen molar-refractivity contribution in [2.24, 2.45) is 5.92 Å². The molecule has 5 heteroatoms. The Bertz CT molecular complexity index is 681. The Kier molecular flexibility index (Phi) is 4.85. The Labute approximate surface area is 138 Å². The van der Waals surface area contributed by atoms with Crippen LogP contribution in [0.4, 0.5) is 0 Å². The van der Waals surface area contributed by atoms with E-state index in [0.29, 0.717) is 6.42 Å². The quantitative estimate of drug-likeness (QED) is 0.851. The third-order valence-corrected chi connectivity index (χ3v) is 6.17. The predicted molar refractivity (Wildman–Crippen MR) is 90.5 cm³/mol. The van der Waals surface area contributed by atoms with Crippen molar-refractivity contribution in [1.29, 1.82) is 0 Å². The molecule has 4 nitrogen and oxygen atoms in total. The van der Waals surface area contributed by atoms with E-state index in [0.717, 1.165) is 32.2 Å². The summed E-state index contributed by atoms with van der Waals surface area (Å²) >= 11 is 0. The monoisotopic (exact) mass is 333 g/mol. The number of allylic oxidation sites excluding steroid dienone is 1. The van der Waals surface area contributed by atoms with E-state index >= 15 is 0 Å². The van der Waals surface area contributed by atoms with Gasteiger partial charge in [0.1, 0.15) is 0 Å². The average molecular weight is 333 g/mol. The molecule has 1 aromatic rings. The van der Waals surface area contributed by atoms with Gasteiger partial charge in [-0.25, -0.2) is 8.42 Å². The molecule has 0 aromatic heterocycles. The first-order chi connectivity index (χ1) is 11.0. The molecule has 2 aliphatic heterocycles. The van der Waals surface area contributed by atoms with Gasteiger partial charge in [0.15, 0.2) is 9.84 Å². The lowest BCUT2D eigenvalue weighted by atomic mass is 9.94. The van der Waals surface area contributed by atoms with Crippen LogP contribution in [0.25, 0.3) is 0 Å². The summed E-state index contributed by atoms with van der Waals surface area (Å²) in [6, 6.07) is 10.5. The summed E-state index contributed by atoms with van der Waals surface area (Å²) in [5.41, 5.74) is 1.25. The molecular formula is C18H23NO3S. The zero-order valence-electron chi connectivity index (χ0n) is 13.2. The second-order valence-electron chi connectivity index (χ2n) is 6.55. The van der Waals surface area contributed by atoms with Crippen LogP contribution in [-0.4, -0.2) is 37.6 Å². The fraction of sp³-hybridized carbons (Fsp3) is 0.500. The van der Waals surface area contributed by atoms with Crippen LogP contribution in [0, 0.1) is 5.92 Å². The molecular weight excluding hydrogens is 310 g/mol. The van der Waals surface area contributed by atoms with Crippen LogP contribution in [0.5, 0.6) is 0 Å². The zero-order valence-corrected chi connectivity index (χ0v) is 14.0. The van der Waals surface area contributed by atoms with Gasteiger partial charge < -0.3 is 4.90 Å². The molecule has 23 heavy (non-hydrogen) atoms. The van der Waals surface area contributed by atoms with Crippen molar-refractivity contribution in [2.45, 2.75) is 38.1 Å². The van der Waals surface area contributed by atoms with Gasteiger partial charge in [-0.1, -0.05) is 36.4 Å². The molecule has 1 aromatic carbocycles. The highest BCUT2D eigenvalue weighted by Gasteiger charge is 2.30. The molecule has 3 rings (SSSR count). The van der Waals surface area contributed by atoms with Crippen molar-refractivity contribution in [2.75, 3.05) is 12.3 Å². The van der Waals surface area contributed by atoms with E-state index in [4.69, 9.17) is 0 Å². The summed E-state index contributed by atoms with van der Waals surface area (Å²) in [7, 11) is -3.09. The third kappa shape index (κ3) is 4.22. The maximum absolute atomic E-state index is 12.7. The molecule has 2 atom stereocenters. The van der Waals surface area contributed by atoms with Gasteiger partial charge in [-0.05, 0) is 31.2 Å². The Morgan fingerprint density at radius 1 is 1.17 bits per heavy atom. The number of sulfone groups is 1. The van der Waals surface area contributed by atoms with Gasteiger partial charge in [0.05, 0.1) is 5.75 Å². The summed E-state index contributed by atoms with van der Waals surface area (Å²) in [5, 5.41) is 1.25. The first-order valence-electron chi connectivity index (χ1n) is 8.28. The zero-order chi connectivity index (χ0) is 16.3. The van der Waals surface area contributed by atoms with Gasteiger partial charge in [0.25, 0.3) is 0 Å². The molecule has 0 spiro atoms. The largest absolute Gasteiger partial charge is 0.339 e. The third-order valence-electron chi connectivity index (χ3n) is 4.70. The van der Waals surface area contributed by atoms with Crippen LogP contribution in [0.2, 0.25) is 0 Å². The molecule has 124 valence electrons. The van der Waals surface area contributed by atoms with Crippen LogP contribution < -0.4 is 0 Å². The number of carbonyl (C=O) groups is 1. The lowest BCUT2D eigenvalue weighted by molar-refractivity contribution is -0.135. The molecule has 0 bridgehead atoms. The van der Waals surface area contributed by atoms with Gasteiger partial charge in [-0.15, -0.1) is 0 Å². The minimum absolute atomic E-state index is 0.0793. The second kappa shape index (κ2) is 6.87. The molecule has 1 fully saturated rings.